The van der Waals surface area contributed by atoms with Gasteiger partial charge in [0.2, 0.25) is 0 Å². The maximum absolute atomic E-state index is 12.3. The zero-order valence-corrected chi connectivity index (χ0v) is 20.2. The Morgan fingerprint density at radius 3 is 2.76 bits per heavy atom. The summed E-state index contributed by atoms with van der Waals surface area (Å²) in [5.74, 6) is 0.241. The zero-order chi connectivity index (χ0) is 24.7. The number of nitrogens with zero attached hydrogens (tertiary/aromatic N) is 1. The number of esters is 1. The lowest BCUT2D eigenvalue weighted by Gasteiger charge is -2.28. The van der Waals surface area contributed by atoms with Crippen LogP contribution in [0.1, 0.15) is 35.9 Å². The number of aliphatic hydroxyl groups excluding tert-OH is 1. The molecule has 10 nitrogen and oxygen atoms in total. The summed E-state index contributed by atoms with van der Waals surface area (Å²) in [7, 11) is 1.28. The molecule has 3 rings (SSSR count). The molecule has 34 heavy (non-hydrogen) atoms. The molecule has 2 amide bonds. The quantitative estimate of drug-likeness (QED) is 0.175. The van der Waals surface area contributed by atoms with E-state index in [0.29, 0.717) is 29.4 Å². The van der Waals surface area contributed by atoms with E-state index in [0.717, 1.165) is 10.4 Å². The van der Waals surface area contributed by atoms with Crippen LogP contribution in [0.2, 0.25) is 0 Å². The number of allylic oxidation sites excluding steroid dienone is 1. The molecule has 1 aliphatic rings. The second-order valence-corrected chi connectivity index (χ2v) is 8.33. The number of benzene rings is 1. The van der Waals surface area contributed by atoms with Crippen LogP contribution in [0.5, 0.6) is 11.5 Å². The molecule has 1 aromatic carbocycles. The molecule has 2 atom stereocenters. The van der Waals surface area contributed by atoms with Crippen molar-refractivity contribution in [3.8, 4) is 11.5 Å². The number of amides is 2. The van der Waals surface area contributed by atoms with Gasteiger partial charge >= 0.3 is 12.0 Å². The molecule has 0 radical (unpaired) electrons. The van der Waals surface area contributed by atoms with Crippen molar-refractivity contribution in [2.75, 3.05) is 20.3 Å². The lowest BCUT2D eigenvalue weighted by Crippen LogP contribution is -2.45. The summed E-state index contributed by atoms with van der Waals surface area (Å²) in [5, 5.41) is 21.5. The van der Waals surface area contributed by atoms with Crippen LogP contribution in [0.15, 0.2) is 46.0 Å². The SMILES string of the molecule is CCOc1cc([C@@H]2NC(=O)NC(C)=C2C(=O)OC)ccc1OC[C@@H](O)N/N=C\c1sccc1C. The average Bonchev–Trinajstić information content (AvgIpc) is 3.22. The Bertz CT molecular complexity index is 1100. The number of urea groups is 1. The number of carbonyl (C=O) groups is 2. The molecule has 4 N–H and O–H groups in total. The maximum Gasteiger partial charge on any atom is 0.337 e. The van der Waals surface area contributed by atoms with Crippen LogP contribution >= 0.6 is 11.3 Å². The Morgan fingerprint density at radius 2 is 2.09 bits per heavy atom. The Hall–Kier alpha value is -3.57. The van der Waals surface area contributed by atoms with Gasteiger partial charge < -0.3 is 30.0 Å². The van der Waals surface area contributed by atoms with Crippen LogP contribution in [0.3, 0.4) is 0 Å². The van der Waals surface area contributed by atoms with Gasteiger partial charge in [0.1, 0.15) is 6.61 Å². The molecule has 0 bridgehead atoms. The predicted octanol–water partition coefficient (Wildman–Crippen LogP) is 2.58. The molecule has 0 unspecified atom stereocenters. The minimum absolute atomic E-state index is 0.0866. The first kappa shape index (κ1) is 25.1. The number of ether oxygens (including phenoxy) is 3. The number of thiophene rings is 1. The van der Waals surface area contributed by atoms with Crippen LogP contribution in [0.25, 0.3) is 0 Å². The summed E-state index contributed by atoms with van der Waals surface area (Å²) in [6.45, 7) is 5.72. The largest absolute Gasteiger partial charge is 0.490 e. The van der Waals surface area contributed by atoms with E-state index in [9.17, 15) is 14.7 Å². The van der Waals surface area contributed by atoms with Crippen LogP contribution in [0, 0.1) is 6.92 Å². The van der Waals surface area contributed by atoms with E-state index in [2.05, 4.69) is 21.2 Å². The lowest BCUT2D eigenvalue weighted by molar-refractivity contribution is -0.136. The molecule has 0 aliphatic carbocycles. The standard InChI is InChI=1S/C23H28N4O6S/c1-5-32-17-10-15(21-20(22(29)31-4)14(3)25-23(30)26-21)6-7-16(17)33-12-19(28)27-24-11-18-13(2)8-9-34-18/h6-11,19,21,27-28H,5,12H2,1-4H3,(H2,25,26,30)/b24-11-/t19-,21+/m1/s1. The minimum Gasteiger partial charge on any atom is -0.490 e. The fourth-order valence-electron chi connectivity index (χ4n) is 3.32. The van der Waals surface area contributed by atoms with Gasteiger partial charge in [-0.05, 0) is 55.5 Å². The van der Waals surface area contributed by atoms with E-state index >= 15 is 0 Å². The summed E-state index contributed by atoms with van der Waals surface area (Å²) in [5.41, 5.74) is 5.03. The van der Waals surface area contributed by atoms with Gasteiger partial charge in [-0.3, -0.25) is 5.43 Å². The van der Waals surface area contributed by atoms with E-state index in [1.54, 1.807) is 42.7 Å². The van der Waals surface area contributed by atoms with Crippen molar-refractivity contribution in [3.63, 3.8) is 0 Å². The van der Waals surface area contributed by atoms with Gasteiger partial charge in [0.15, 0.2) is 17.7 Å². The predicted molar refractivity (Wildman–Crippen MR) is 128 cm³/mol. The lowest BCUT2D eigenvalue weighted by atomic mass is 9.95. The molecule has 2 aromatic rings. The molecular weight excluding hydrogens is 460 g/mol. The molecule has 2 heterocycles. The smallest absolute Gasteiger partial charge is 0.337 e. The van der Waals surface area contributed by atoms with E-state index in [1.807, 2.05) is 25.3 Å². The maximum atomic E-state index is 12.3. The van der Waals surface area contributed by atoms with Crippen molar-refractivity contribution in [1.29, 1.82) is 0 Å². The van der Waals surface area contributed by atoms with Gasteiger partial charge in [0, 0.05) is 10.6 Å². The fraction of sp³-hybridized carbons (Fsp3) is 0.348. The topological polar surface area (TPSA) is 131 Å². The third-order valence-corrected chi connectivity index (χ3v) is 5.93. The number of hydrogen-bond donors (Lipinski definition) is 4. The molecule has 0 saturated heterocycles. The van der Waals surface area contributed by atoms with Gasteiger partial charge in [0.25, 0.3) is 0 Å². The van der Waals surface area contributed by atoms with Crippen molar-refractivity contribution in [2.24, 2.45) is 5.10 Å². The first-order chi connectivity index (χ1) is 16.3. The number of hydrogen-bond acceptors (Lipinski definition) is 9. The second-order valence-electron chi connectivity index (χ2n) is 7.38. The Kier molecular flexibility index (Phi) is 8.50. The van der Waals surface area contributed by atoms with E-state index in [-0.39, 0.29) is 12.2 Å². The Labute approximate surface area is 201 Å². The summed E-state index contributed by atoms with van der Waals surface area (Å²) < 4.78 is 16.3. The molecule has 0 fully saturated rings. The van der Waals surface area contributed by atoms with Crippen molar-refractivity contribution >= 4 is 29.6 Å². The van der Waals surface area contributed by atoms with E-state index in [4.69, 9.17) is 14.2 Å². The van der Waals surface area contributed by atoms with Gasteiger partial charge in [-0.2, -0.15) is 5.10 Å². The normalized spacial score (nSPS) is 16.6. The number of methoxy groups -OCH3 is 1. The van der Waals surface area contributed by atoms with Crippen molar-refractivity contribution in [2.45, 2.75) is 33.0 Å². The molecule has 1 aromatic heterocycles. The van der Waals surface area contributed by atoms with Crippen molar-refractivity contribution < 1.29 is 28.9 Å². The average molecular weight is 489 g/mol. The molecule has 0 spiro atoms. The molecule has 1 aliphatic heterocycles. The van der Waals surface area contributed by atoms with Crippen LogP contribution in [-0.4, -0.2) is 49.9 Å². The molecular formula is C23H28N4O6S. The second kappa shape index (κ2) is 11.5. The third kappa shape index (κ3) is 6.06. The summed E-state index contributed by atoms with van der Waals surface area (Å²) in [6.07, 6.45) is 0.594. The number of nitrogens with one attached hydrogen (secondary N) is 3. The number of aliphatic hydroxyl groups is 1. The Morgan fingerprint density at radius 1 is 1.29 bits per heavy atom. The molecule has 11 heteroatoms. The van der Waals surface area contributed by atoms with E-state index in [1.165, 1.54) is 7.11 Å². The van der Waals surface area contributed by atoms with E-state index < -0.39 is 24.3 Å². The van der Waals surface area contributed by atoms with Gasteiger partial charge in [-0.1, -0.05) is 6.07 Å². The number of aryl methyl sites for hydroxylation is 1. The molecule has 0 saturated carbocycles. The number of hydrazone groups is 1. The highest BCUT2D eigenvalue weighted by Gasteiger charge is 2.32. The zero-order valence-electron chi connectivity index (χ0n) is 19.4. The van der Waals surface area contributed by atoms with Gasteiger partial charge in [-0.15, -0.1) is 11.3 Å². The fourth-order valence-corrected chi connectivity index (χ4v) is 4.11. The van der Waals surface area contributed by atoms with Gasteiger partial charge in [-0.25, -0.2) is 9.59 Å². The van der Waals surface area contributed by atoms with Crippen molar-refractivity contribution in [1.82, 2.24) is 16.1 Å². The minimum atomic E-state index is -1.05. The monoisotopic (exact) mass is 488 g/mol. The molecule has 182 valence electrons. The van der Waals surface area contributed by atoms with Crippen LogP contribution in [-0.2, 0) is 9.53 Å². The summed E-state index contributed by atoms with van der Waals surface area (Å²) in [6, 6.07) is 5.89. The summed E-state index contributed by atoms with van der Waals surface area (Å²) in [4.78, 5) is 25.4. The number of rotatable bonds is 10. The summed E-state index contributed by atoms with van der Waals surface area (Å²) >= 11 is 1.55. The van der Waals surface area contributed by atoms with Crippen LogP contribution < -0.4 is 25.5 Å². The first-order valence-corrected chi connectivity index (χ1v) is 11.5. The van der Waals surface area contributed by atoms with Crippen LogP contribution in [0.4, 0.5) is 4.79 Å². The highest BCUT2D eigenvalue weighted by molar-refractivity contribution is 7.11. The number of carbonyl (C=O) groups excluding carboxylic acids is 2. The highest BCUT2D eigenvalue weighted by Crippen LogP contribution is 2.34. The third-order valence-electron chi connectivity index (χ3n) is 4.98. The Balaban J connectivity index is 1.73. The van der Waals surface area contributed by atoms with Crippen molar-refractivity contribution in [3.05, 3.63) is 56.9 Å². The highest BCUT2D eigenvalue weighted by atomic mass is 32.1. The first-order valence-electron chi connectivity index (χ1n) is 10.6. The van der Waals surface area contributed by atoms with Gasteiger partial charge in [0.05, 0.1) is 31.5 Å².